The summed E-state index contributed by atoms with van der Waals surface area (Å²) >= 11 is 0. The quantitative estimate of drug-likeness (QED) is 0.575. The van der Waals surface area contributed by atoms with Crippen molar-refractivity contribution >= 4 is 5.97 Å². The fraction of sp³-hybridized carbons (Fsp3) is 0.269. The number of carbonyl (C=O) groups is 1. The maximum atomic E-state index is 11.1. The number of benzene rings is 3. The molecule has 0 saturated carbocycles. The lowest BCUT2D eigenvalue weighted by atomic mass is 9.80. The van der Waals surface area contributed by atoms with E-state index in [0.717, 1.165) is 32.1 Å². The first kappa shape index (κ1) is 18.5. The smallest absolute Gasteiger partial charge is 0.303 e. The van der Waals surface area contributed by atoms with E-state index >= 15 is 0 Å². The third kappa shape index (κ3) is 4.33. The van der Waals surface area contributed by atoms with E-state index in [-0.39, 0.29) is 12.3 Å². The van der Waals surface area contributed by atoms with Gasteiger partial charge in [0, 0.05) is 0 Å². The maximum Gasteiger partial charge on any atom is 0.303 e. The summed E-state index contributed by atoms with van der Waals surface area (Å²) in [5.41, 5.74) is 7.81. The normalized spacial score (nSPS) is 15.8. The third-order valence-electron chi connectivity index (χ3n) is 5.83. The zero-order valence-corrected chi connectivity index (χ0v) is 16.1. The van der Waals surface area contributed by atoms with E-state index in [1.165, 1.54) is 33.4 Å². The number of aryl methyl sites for hydroxylation is 3. The Labute approximate surface area is 166 Å². The molecule has 0 bridgehead atoms. The average molecular weight is 370 g/mol. The van der Waals surface area contributed by atoms with Crippen LogP contribution in [0.15, 0.2) is 72.8 Å². The second kappa shape index (κ2) is 8.43. The van der Waals surface area contributed by atoms with E-state index < -0.39 is 5.97 Å². The van der Waals surface area contributed by atoms with Crippen LogP contribution < -0.4 is 0 Å². The van der Waals surface area contributed by atoms with Crippen LogP contribution in [0.5, 0.6) is 0 Å². The van der Waals surface area contributed by atoms with Gasteiger partial charge in [-0.05, 0) is 71.4 Å². The van der Waals surface area contributed by atoms with Gasteiger partial charge in [-0.1, -0.05) is 72.8 Å². The molecular formula is C26H26O2. The van der Waals surface area contributed by atoms with Gasteiger partial charge in [0.25, 0.3) is 0 Å². The Hall–Kier alpha value is -2.87. The molecule has 1 atom stereocenters. The summed E-state index contributed by atoms with van der Waals surface area (Å²) in [5.74, 6) is -0.512. The van der Waals surface area contributed by atoms with Crippen molar-refractivity contribution in [3.05, 3.63) is 95.1 Å². The van der Waals surface area contributed by atoms with Crippen molar-refractivity contribution in [2.75, 3.05) is 0 Å². The van der Waals surface area contributed by atoms with Crippen LogP contribution in [-0.2, 0) is 24.1 Å². The Kier molecular flexibility index (Phi) is 5.57. The Balaban J connectivity index is 1.42. The Morgan fingerprint density at radius 3 is 2.29 bits per heavy atom. The summed E-state index contributed by atoms with van der Waals surface area (Å²) in [6.07, 6.45) is 5.45. The lowest BCUT2D eigenvalue weighted by Gasteiger charge is -2.25. The molecule has 0 aromatic heterocycles. The molecular weight excluding hydrogens is 344 g/mol. The number of hydrogen-bond acceptors (Lipinski definition) is 1. The summed E-state index contributed by atoms with van der Waals surface area (Å²) < 4.78 is 0. The first-order chi connectivity index (χ1) is 13.7. The van der Waals surface area contributed by atoms with Crippen molar-refractivity contribution in [3.8, 4) is 11.1 Å². The summed E-state index contributed by atoms with van der Waals surface area (Å²) in [4.78, 5) is 11.1. The Bertz CT molecular complexity index is 942. The van der Waals surface area contributed by atoms with Gasteiger partial charge in [0.05, 0.1) is 6.42 Å². The molecule has 0 spiro atoms. The maximum absolute atomic E-state index is 11.1. The Morgan fingerprint density at radius 2 is 1.54 bits per heavy atom. The molecule has 1 N–H and O–H groups in total. The van der Waals surface area contributed by atoms with E-state index in [1.54, 1.807) is 0 Å². The van der Waals surface area contributed by atoms with Crippen LogP contribution in [-0.4, -0.2) is 11.1 Å². The van der Waals surface area contributed by atoms with Crippen LogP contribution in [0.3, 0.4) is 0 Å². The second-order valence-corrected chi connectivity index (χ2v) is 7.78. The van der Waals surface area contributed by atoms with E-state index in [9.17, 15) is 4.79 Å². The van der Waals surface area contributed by atoms with E-state index in [4.69, 9.17) is 5.11 Å². The highest BCUT2D eigenvalue weighted by molar-refractivity contribution is 5.68. The molecule has 0 heterocycles. The molecule has 28 heavy (non-hydrogen) atoms. The van der Waals surface area contributed by atoms with Gasteiger partial charge in [0.15, 0.2) is 0 Å². The molecule has 1 aliphatic carbocycles. The monoisotopic (exact) mass is 370 g/mol. The molecule has 3 aromatic carbocycles. The molecule has 3 aromatic rings. The van der Waals surface area contributed by atoms with Crippen LogP contribution in [0.2, 0.25) is 0 Å². The zero-order chi connectivity index (χ0) is 19.3. The van der Waals surface area contributed by atoms with E-state index in [2.05, 4.69) is 66.7 Å². The zero-order valence-electron chi connectivity index (χ0n) is 16.1. The highest BCUT2D eigenvalue weighted by atomic mass is 16.4. The van der Waals surface area contributed by atoms with Gasteiger partial charge in [-0.2, -0.15) is 0 Å². The molecule has 2 nitrogen and oxygen atoms in total. The van der Waals surface area contributed by atoms with E-state index in [1.807, 2.05) is 6.07 Å². The van der Waals surface area contributed by atoms with Crippen LogP contribution >= 0.6 is 0 Å². The van der Waals surface area contributed by atoms with E-state index in [0.29, 0.717) is 0 Å². The van der Waals surface area contributed by atoms with Gasteiger partial charge < -0.3 is 5.11 Å². The fourth-order valence-corrected chi connectivity index (χ4v) is 4.33. The number of carboxylic acids is 1. The molecule has 142 valence electrons. The molecule has 0 amide bonds. The summed E-state index contributed by atoms with van der Waals surface area (Å²) in [5, 5.41) is 9.15. The number of hydrogen-bond donors (Lipinski definition) is 1. The molecule has 0 fully saturated rings. The molecule has 2 heteroatoms. The van der Waals surface area contributed by atoms with Crippen LogP contribution in [0, 0.1) is 0 Å². The van der Waals surface area contributed by atoms with Gasteiger partial charge in [0.2, 0.25) is 0 Å². The summed E-state index contributed by atoms with van der Waals surface area (Å²) in [6.45, 7) is 0. The Morgan fingerprint density at radius 1 is 0.857 bits per heavy atom. The fourth-order valence-electron chi connectivity index (χ4n) is 4.33. The summed E-state index contributed by atoms with van der Waals surface area (Å²) in [7, 11) is 0. The molecule has 0 aliphatic heterocycles. The largest absolute Gasteiger partial charge is 0.481 e. The number of rotatable bonds is 6. The first-order valence-electron chi connectivity index (χ1n) is 10.2. The van der Waals surface area contributed by atoms with Gasteiger partial charge in [-0.15, -0.1) is 0 Å². The minimum Gasteiger partial charge on any atom is -0.481 e. The first-order valence-corrected chi connectivity index (χ1v) is 10.2. The minimum absolute atomic E-state index is 0.181. The van der Waals surface area contributed by atoms with Crippen LogP contribution in [0.25, 0.3) is 11.1 Å². The highest BCUT2D eigenvalue weighted by Gasteiger charge is 2.22. The molecule has 0 radical (unpaired) electrons. The van der Waals surface area contributed by atoms with Crippen molar-refractivity contribution in [3.63, 3.8) is 0 Å². The van der Waals surface area contributed by atoms with Crippen molar-refractivity contribution in [2.24, 2.45) is 0 Å². The second-order valence-electron chi connectivity index (χ2n) is 7.78. The molecule has 1 unspecified atom stereocenters. The van der Waals surface area contributed by atoms with Crippen molar-refractivity contribution < 1.29 is 9.90 Å². The lowest BCUT2D eigenvalue weighted by molar-refractivity contribution is -0.137. The predicted molar refractivity (Wildman–Crippen MR) is 114 cm³/mol. The van der Waals surface area contributed by atoms with Gasteiger partial charge >= 0.3 is 5.97 Å². The molecule has 4 rings (SSSR count). The number of carboxylic acid groups (broad SMARTS) is 1. The van der Waals surface area contributed by atoms with Crippen molar-refractivity contribution in [1.29, 1.82) is 0 Å². The number of fused-ring (bicyclic) bond motifs is 1. The standard InChI is InChI=1S/C26H26O2/c27-26(28)18-24-8-4-7-23-17-20(13-16-25(23)24)10-9-19-11-14-22(15-12-19)21-5-2-1-3-6-21/h1-3,5-6,11-17,24H,4,7-10,18H2,(H,27,28). The van der Waals surface area contributed by atoms with Crippen LogP contribution in [0.4, 0.5) is 0 Å². The average Bonchev–Trinajstić information content (AvgIpc) is 2.73. The highest BCUT2D eigenvalue weighted by Crippen LogP contribution is 2.34. The summed E-state index contributed by atoms with van der Waals surface area (Å²) in [6, 6.07) is 26.0. The molecule has 1 aliphatic rings. The van der Waals surface area contributed by atoms with Gasteiger partial charge in [0.1, 0.15) is 0 Å². The van der Waals surface area contributed by atoms with Crippen LogP contribution in [0.1, 0.15) is 47.4 Å². The van der Waals surface area contributed by atoms with Crippen molar-refractivity contribution in [1.82, 2.24) is 0 Å². The van der Waals surface area contributed by atoms with Gasteiger partial charge in [-0.25, -0.2) is 0 Å². The molecule has 0 saturated heterocycles. The lowest BCUT2D eigenvalue weighted by Crippen LogP contribution is -2.14. The topological polar surface area (TPSA) is 37.3 Å². The number of aliphatic carboxylic acids is 1. The predicted octanol–water partition coefficient (Wildman–Crippen LogP) is 6.03. The SMILES string of the molecule is O=C(O)CC1CCCc2cc(CCc3ccc(-c4ccccc4)cc3)ccc21. The minimum atomic E-state index is -0.694. The van der Waals surface area contributed by atoms with Crippen molar-refractivity contribution in [2.45, 2.75) is 44.4 Å². The van der Waals surface area contributed by atoms with Gasteiger partial charge in [-0.3, -0.25) is 4.79 Å². The third-order valence-corrected chi connectivity index (χ3v) is 5.83.